The van der Waals surface area contributed by atoms with Crippen LogP contribution >= 0.6 is 0 Å². The van der Waals surface area contributed by atoms with Crippen molar-refractivity contribution in [3.05, 3.63) is 18.7 Å². The van der Waals surface area contributed by atoms with Gasteiger partial charge in [0.2, 0.25) is 0 Å². The second-order valence-corrected chi connectivity index (χ2v) is 3.56. The number of carboxylic acid groups (broad SMARTS) is 1. The van der Waals surface area contributed by atoms with Crippen LogP contribution in [0.2, 0.25) is 0 Å². The largest absolute Gasteiger partial charge is 0.481 e. The molecule has 6 nitrogen and oxygen atoms in total. The number of ketones is 1. The highest BCUT2D eigenvalue weighted by Gasteiger charge is 2.14. The summed E-state index contributed by atoms with van der Waals surface area (Å²) in [5.41, 5.74) is 5.57. The summed E-state index contributed by atoms with van der Waals surface area (Å²) in [5, 5.41) is 8.45. The Hall–Kier alpha value is -1.69. The molecule has 0 unspecified atom stereocenters. The van der Waals surface area contributed by atoms with Crippen molar-refractivity contribution in [1.82, 2.24) is 9.55 Å². The summed E-state index contributed by atoms with van der Waals surface area (Å²) in [5.74, 6) is -1.05. The summed E-state index contributed by atoms with van der Waals surface area (Å²) < 4.78 is 1.78. The van der Waals surface area contributed by atoms with Crippen molar-refractivity contribution in [3.63, 3.8) is 0 Å². The number of carboxylic acids is 1. The van der Waals surface area contributed by atoms with Crippen molar-refractivity contribution in [2.45, 2.75) is 31.8 Å². The Morgan fingerprint density at radius 3 is 2.75 bits per heavy atom. The first-order valence-electron chi connectivity index (χ1n) is 5.05. The molecule has 0 amide bonds. The van der Waals surface area contributed by atoms with E-state index in [4.69, 9.17) is 10.8 Å². The van der Waals surface area contributed by atoms with E-state index >= 15 is 0 Å². The molecule has 1 heterocycles. The summed E-state index contributed by atoms with van der Waals surface area (Å²) >= 11 is 0. The van der Waals surface area contributed by atoms with E-state index in [1.807, 2.05) is 0 Å². The van der Waals surface area contributed by atoms with Gasteiger partial charge in [0, 0.05) is 31.8 Å². The van der Waals surface area contributed by atoms with E-state index in [0.717, 1.165) is 0 Å². The molecule has 1 atom stereocenters. The highest BCUT2D eigenvalue weighted by Crippen LogP contribution is 2.00. The molecule has 3 N–H and O–H groups in total. The fourth-order valence-corrected chi connectivity index (χ4v) is 1.28. The van der Waals surface area contributed by atoms with Crippen LogP contribution in [-0.4, -0.2) is 32.5 Å². The van der Waals surface area contributed by atoms with E-state index in [1.165, 1.54) is 0 Å². The van der Waals surface area contributed by atoms with Gasteiger partial charge in [0.05, 0.1) is 12.4 Å². The van der Waals surface area contributed by atoms with Gasteiger partial charge in [-0.25, -0.2) is 4.98 Å². The zero-order chi connectivity index (χ0) is 12.0. The molecule has 1 aromatic rings. The Bertz CT molecular complexity index is 348. The molecule has 0 saturated heterocycles. The summed E-state index contributed by atoms with van der Waals surface area (Å²) in [6.45, 7) is 0.527. The zero-order valence-corrected chi connectivity index (χ0v) is 8.87. The molecule has 16 heavy (non-hydrogen) atoms. The summed E-state index contributed by atoms with van der Waals surface area (Å²) in [4.78, 5) is 25.6. The molecule has 0 saturated carbocycles. The molecule has 6 heteroatoms. The topological polar surface area (TPSA) is 98.2 Å². The number of aromatic nitrogens is 2. The molecule has 0 radical (unpaired) electrons. The molecule has 88 valence electrons. The molecular formula is C10H15N3O3. The number of carbonyl (C=O) groups is 2. The molecule has 0 spiro atoms. The Kier molecular flexibility index (Phi) is 4.65. The van der Waals surface area contributed by atoms with Crippen molar-refractivity contribution in [2.24, 2.45) is 5.73 Å². The first-order chi connectivity index (χ1) is 7.59. The van der Waals surface area contributed by atoms with E-state index in [2.05, 4.69) is 4.98 Å². The third kappa shape index (κ3) is 4.22. The maximum Gasteiger partial charge on any atom is 0.303 e. The molecule has 0 aliphatic heterocycles. The zero-order valence-electron chi connectivity index (χ0n) is 8.87. The molecule has 0 aromatic carbocycles. The van der Waals surface area contributed by atoms with E-state index in [9.17, 15) is 9.59 Å². The van der Waals surface area contributed by atoms with Gasteiger partial charge in [-0.3, -0.25) is 9.59 Å². The van der Waals surface area contributed by atoms with Crippen molar-refractivity contribution < 1.29 is 14.7 Å². The monoisotopic (exact) mass is 225 g/mol. The van der Waals surface area contributed by atoms with E-state index < -0.39 is 12.0 Å². The number of aryl methyl sites for hydroxylation is 1. The van der Waals surface area contributed by atoms with Crippen molar-refractivity contribution in [1.29, 1.82) is 0 Å². The lowest BCUT2D eigenvalue weighted by Gasteiger charge is -2.09. The first-order valence-corrected chi connectivity index (χ1v) is 5.05. The molecule has 0 bridgehead atoms. The lowest BCUT2D eigenvalue weighted by atomic mass is 10.1. The number of hydrogen-bond acceptors (Lipinski definition) is 4. The van der Waals surface area contributed by atoms with Crippen LogP contribution in [0.25, 0.3) is 0 Å². The normalized spacial score (nSPS) is 12.3. The number of nitrogens with zero attached hydrogens (tertiary/aromatic N) is 2. The van der Waals surface area contributed by atoms with Gasteiger partial charge >= 0.3 is 5.97 Å². The number of imidazole rings is 1. The smallest absolute Gasteiger partial charge is 0.303 e. The summed E-state index contributed by atoms with van der Waals surface area (Å²) in [6, 6.07) is -0.681. The predicted octanol–water partition coefficient (Wildman–Crippen LogP) is 0.0344. The predicted molar refractivity (Wildman–Crippen MR) is 56.7 cm³/mol. The Labute approximate surface area is 93.1 Å². The Balaban J connectivity index is 2.26. The minimum absolute atomic E-state index is 0.0714. The molecule has 1 rings (SSSR count). The lowest BCUT2D eigenvalue weighted by molar-refractivity contribution is -0.137. The van der Waals surface area contributed by atoms with Gasteiger partial charge in [-0.1, -0.05) is 0 Å². The first kappa shape index (κ1) is 12.4. The van der Waals surface area contributed by atoms with Crippen LogP contribution in [-0.2, 0) is 16.1 Å². The summed E-state index contributed by atoms with van der Waals surface area (Å²) in [7, 11) is 0. The van der Waals surface area contributed by atoms with Gasteiger partial charge in [0.25, 0.3) is 0 Å². The second-order valence-electron chi connectivity index (χ2n) is 3.56. The molecule has 0 aliphatic rings. The van der Waals surface area contributed by atoms with Crippen LogP contribution in [0, 0.1) is 0 Å². The summed E-state index contributed by atoms with van der Waals surface area (Å²) in [6.07, 6.45) is 5.44. The van der Waals surface area contributed by atoms with Crippen LogP contribution < -0.4 is 5.73 Å². The average molecular weight is 225 g/mol. The Morgan fingerprint density at radius 1 is 1.44 bits per heavy atom. The van der Waals surface area contributed by atoms with Crippen molar-refractivity contribution in [2.75, 3.05) is 0 Å². The van der Waals surface area contributed by atoms with Crippen LogP contribution in [0.15, 0.2) is 18.7 Å². The minimum atomic E-state index is -0.933. The van der Waals surface area contributed by atoms with Crippen LogP contribution in [0.4, 0.5) is 0 Å². The SMILES string of the molecule is N[C@@H](CCC(=O)O)C(=O)CCn1ccnc1. The average Bonchev–Trinajstić information content (AvgIpc) is 2.75. The highest BCUT2D eigenvalue weighted by atomic mass is 16.4. The van der Waals surface area contributed by atoms with Crippen molar-refractivity contribution in [3.8, 4) is 0 Å². The van der Waals surface area contributed by atoms with E-state index in [1.54, 1.807) is 23.3 Å². The maximum absolute atomic E-state index is 11.5. The molecular weight excluding hydrogens is 210 g/mol. The third-order valence-corrected chi connectivity index (χ3v) is 2.26. The van der Waals surface area contributed by atoms with Gasteiger partial charge in [-0.15, -0.1) is 0 Å². The van der Waals surface area contributed by atoms with Crippen LogP contribution in [0.3, 0.4) is 0 Å². The maximum atomic E-state index is 11.5. The minimum Gasteiger partial charge on any atom is -0.481 e. The van der Waals surface area contributed by atoms with Gasteiger partial charge in [0.15, 0.2) is 5.78 Å². The third-order valence-electron chi connectivity index (χ3n) is 2.26. The number of carbonyl (C=O) groups excluding carboxylic acids is 1. The molecule has 0 fully saturated rings. The van der Waals surface area contributed by atoms with Crippen LogP contribution in [0.5, 0.6) is 0 Å². The number of aliphatic carboxylic acids is 1. The molecule has 0 aliphatic carbocycles. The van der Waals surface area contributed by atoms with Gasteiger partial charge in [0.1, 0.15) is 0 Å². The van der Waals surface area contributed by atoms with E-state index in [-0.39, 0.29) is 18.6 Å². The number of nitrogens with two attached hydrogens (primary N) is 1. The van der Waals surface area contributed by atoms with Gasteiger partial charge in [-0.05, 0) is 6.42 Å². The van der Waals surface area contributed by atoms with Crippen molar-refractivity contribution >= 4 is 11.8 Å². The number of rotatable bonds is 7. The number of hydrogen-bond donors (Lipinski definition) is 2. The second kappa shape index (κ2) is 6.02. The van der Waals surface area contributed by atoms with Crippen LogP contribution in [0.1, 0.15) is 19.3 Å². The highest BCUT2D eigenvalue weighted by molar-refractivity contribution is 5.84. The van der Waals surface area contributed by atoms with Gasteiger partial charge < -0.3 is 15.4 Å². The fraction of sp³-hybridized carbons (Fsp3) is 0.500. The Morgan fingerprint density at radius 2 is 2.19 bits per heavy atom. The fourth-order valence-electron chi connectivity index (χ4n) is 1.28. The quantitative estimate of drug-likeness (QED) is 0.682. The van der Waals surface area contributed by atoms with E-state index in [0.29, 0.717) is 13.0 Å². The van der Waals surface area contributed by atoms with Gasteiger partial charge in [-0.2, -0.15) is 0 Å². The molecule has 1 aromatic heterocycles. The standard InChI is InChI=1S/C10H15N3O3/c11-8(1-2-10(15)16)9(14)3-5-13-6-4-12-7-13/h4,6-8H,1-3,5,11H2,(H,15,16)/t8-/m0/s1. The lowest BCUT2D eigenvalue weighted by Crippen LogP contribution is -2.31. The number of Topliss-reactive ketones (excluding diaryl/α,β-unsaturated/α-hetero) is 1.